The van der Waals surface area contributed by atoms with E-state index in [0.29, 0.717) is 18.1 Å². The quantitative estimate of drug-likeness (QED) is 0.885. The van der Waals surface area contributed by atoms with Gasteiger partial charge in [-0.15, -0.1) is 0 Å². The number of β-amino-alcohol motifs (C(OH)–C–C–N with tert-alkyl or cyclic N) is 1. The zero-order valence-electron chi connectivity index (χ0n) is 11.2. The van der Waals surface area contributed by atoms with Crippen LogP contribution in [0.4, 0.5) is 0 Å². The molecule has 0 saturated carbocycles. The van der Waals surface area contributed by atoms with Gasteiger partial charge >= 0.3 is 0 Å². The first-order valence-electron chi connectivity index (χ1n) is 6.38. The number of benzene rings is 1. The first kappa shape index (κ1) is 14.3. The summed E-state index contributed by atoms with van der Waals surface area (Å²) >= 11 is 5.92. The number of nitrogens with one attached hydrogen (secondary N) is 1. The summed E-state index contributed by atoms with van der Waals surface area (Å²) in [4.78, 5) is 13.8. The van der Waals surface area contributed by atoms with E-state index in [9.17, 15) is 9.90 Å². The minimum absolute atomic E-state index is 0.00274. The highest BCUT2D eigenvalue weighted by Crippen LogP contribution is 2.23. The topological polar surface area (TPSA) is 52.6 Å². The number of rotatable bonds is 3. The fourth-order valence-corrected chi connectivity index (χ4v) is 2.49. The summed E-state index contributed by atoms with van der Waals surface area (Å²) in [5.74, 6) is -0.00274. The lowest BCUT2D eigenvalue weighted by Gasteiger charge is -2.42. The molecule has 1 unspecified atom stereocenters. The molecule has 0 radical (unpaired) electrons. The van der Waals surface area contributed by atoms with Crippen molar-refractivity contribution < 1.29 is 9.90 Å². The van der Waals surface area contributed by atoms with Crippen LogP contribution in [-0.2, 0) is 4.79 Å². The highest BCUT2D eigenvalue weighted by molar-refractivity contribution is 6.30. The van der Waals surface area contributed by atoms with Crippen molar-refractivity contribution in [2.24, 2.45) is 0 Å². The molecule has 5 heteroatoms. The summed E-state index contributed by atoms with van der Waals surface area (Å²) in [6.07, 6.45) is -0.649. The maximum absolute atomic E-state index is 11.8. The SMILES string of the molecule is CC1(C)C(=O)NCCN1CC(O)c1cccc(Cl)c1. The van der Waals surface area contributed by atoms with Crippen molar-refractivity contribution in [1.29, 1.82) is 0 Å². The fourth-order valence-electron chi connectivity index (χ4n) is 2.29. The molecule has 1 saturated heterocycles. The number of nitrogens with zero attached hydrogens (tertiary/aromatic N) is 1. The molecule has 1 heterocycles. The Labute approximate surface area is 118 Å². The highest BCUT2D eigenvalue weighted by atomic mass is 35.5. The molecule has 0 bridgehead atoms. The molecule has 104 valence electrons. The van der Waals surface area contributed by atoms with Gasteiger partial charge in [0.05, 0.1) is 11.6 Å². The summed E-state index contributed by atoms with van der Waals surface area (Å²) < 4.78 is 0. The van der Waals surface area contributed by atoms with Gasteiger partial charge in [0.2, 0.25) is 5.91 Å². The number of amides is 1. The molecule has 2 N–H and O–H groups in total. The lowest BCUT2D eigenvalue weighted by atomic mass is 9.97. The van der Waals surface area contributed by atoms with Crippen LogP contribution in [0.2, 0.25) is 5.02 Å². The Morgan fingerprint density at radius 1 is 1.53 bits per heavy atom. The third-order valence-electron chi connectivity index (χ3n) is 3.64. The molecule has 0 aliphatic carbocycles. The summed E-state index contributed by atoms with van der Waals surface area (Å²) in [5.41, 5.74) is 0.173. The average molecular weight is 283 g/mol. The first-order chi connectivity index (χ1) is 8.91. The first-order valence-corrected chi connectivity index (χ1v) is 6.76. The van der Waals surface area contributed by atoms with Gasteiger partial charge < -0.3 is 10.4 Å². The second kappa shape index (κ2) is 5.49. The molecular formula is C14H19ClN2O2. The van der Waals surface area contributed by atoms with Crippen molar-refractivity contribution in [3.63, 3.8) is 0 Å². The normalized spacial score (nSPS) is 20.9. The van der Waals surface area contributed by atoms with Crippen molar-refractivity contribution in [2.45, 2.75) is 25.5 Å². The lowest BCUT2D eigenvalue weighted by molar-refractivity contribution is -0.136. The van der Waals surface area contributed by atoms with Crippen molar-refractivity contribution in [1.82, 2.24) is 10.2 Å². The van der Waals surface area contributed by atoms with E-state index in [1.54, 1.807) is 12.1 Å². The van der Waals surface area contributed by atoms with Gasteiger partial charge in [0.1, 0.15) is 0 Å². The van der Waals surface area contributed by atoms with Crippen molar-refractivity contribution in [2.75, 3.05) is 19.6 Å². The molecule has 2 rings (SSSR count). The Hall–Kier alpha value is -1.10. The van der Waals surface area contributed by atoms with Crippen LogP contribution in [0.15, 0.2) is 24.3 Å². The average Bonchev–Trinajstić information content (AvgIpc) is 2.35. The monoisotopic (exact) mass is 282 g/mol. The van der Waals surface area contributed by atoms with Gasteiger partial charge in [-0.3, -0.25) is 9.69 Å². The van der Waals surface area contributed by atoms with Crippen LogP contribution in [0.3, 0.4) is 0 Å². The Kier molecular flexibility index (Phi) is 4.13. The molecule has 1 atom stereocenters. The van der Waals surface area contributed by atoms with E-state index in [4.69, 9.17) is 11.6 Å². The predicted octanol–water partition coefficient (Wildman–Crippen LogP) is 1.58. The second-order valence-corrected chi connectivity index (χ2v) is 5.77. The Morgan fingerprint density at radius 2 is 2.26 bits per heavy atom. The Balaban J connectivity index is 2.10. The summed E-state index contributed by atoms with van der Waals surface area (Å²) in [6, 6.07) is 7.18. The van der Waals surface area contributed by atoms with Crippen molar-refractivity contribution >= 4 is 17.5 Å². The highest BCUT2D eigenvalue weighted by Gasteiger charge is 2.38. The number of halogens is 1. The largest absolute Gasteiger partial charge is 0.387 e. The van der Waals surface area contributed by atoms with E-state index in [-0.39, 0.29) is 5.91 Å². The number of aliphatic hydroxyl groups excluding tert-OH is 1. The molecule has 1 aliphatic heterocycles. The van der Waals surface area contributed by atoms with Crippen molar-refractivity contribution in [3.05, 3.63) is 34.9 Å². The molecule has 19 heavy (non-hydrogen) atoms. The van der Waals surface area contributed by atoms with Crippen LogP contribution >= 0.6 is 11.6 Å². The molecule has 4 nitrogen and oxygen atoms in total. The van der Waals surface area contributed by atoms with Crippen LogP contribution in [-0.4, -0.2) is 41.1 Å². The minimum Gasteiger partial charge on any atom is -0.387 e. The maximum Gasteiger partial charge on any atom is 0.240 e. The van der Waals surface area contributed by atoms with E-state index in [1.807, 2.05) is 30.9 Å². The standard InChI is InChI=1S/C14H19ClN2O2/c1-14(2)13(19)16-6-7-17(14)9-12(18)10-4-3-5-11(15)8-10/h3-5,8,12,18H,6-7,9H2,1-2H3,(H,16,19). The number of hydrogen-bond acceptors (Lipinski definition) is 3. The van der Waals surface area contributed by atoms with Gasteiger partial charge in [-0.2, -0.15) is 0 Å². The Bertz CT molecular complexity index is 476. The van der Waals surface area contributed by atoms with Crippen LogP contribution in [0.1, 0.15) is 25.5 Å². The number of piperazine rings is 1. The maximum atomic E-state index is 11.8. The molecule has 1 fully saturated rings. The van der Waals surface area contributed by atoms with Crippen LogP contribution in [0.25, 0.3) is 0 Å². The smallest absolute Gasteiger partial charge is 0.240 e. The zero-order chi connectivity index (χ0) is 14.0. The van der Waals surface area contributed by atoms with Gasteiger partial charge in [-0.05, 0) is 31.5 Å². The lowest BCUT2D eigenvalue weighted by Crippen LogP contribution is -2.62. The Morgan fingerprint density at radius 3 is 2.95 bits per heavy atom. The van der Waals surface area contributed by atoms with Crippen LogP contribution in [0, 0.1) is 0 Å². The molecule has 0 spiro atoms. The van der Waals surface area contributed by atoms with Crippen LogP contribution < -0.4 is 5.32 Å². The van der Waals surface area contributed by atoms with Gasteiger partial charge in [0, 0.05) is 24.7 Å². The third kappa shape index (κ3) is 3.08. The van der Waals surface area contributed by atoms with Gasteiger partial charge in [0.15, 0.2) is 0 Å². The number of carbonyl (C=O) groups is 1. The molecule has 0 aromatic heterocycles. The summed E-state index contributed by atoms with van der Waals surface area (Å²) in [6.45, 7) is 5.50. The number of hydrogen-bond donors (Lipinski definition) is 2. The second-order valence-electron chi connectivity index (χ2n) is 5.33. The summed E-state index contributed by atoms with van der Waals surface area (Å²) in [7, 11) is 0. The fraction of sp³-hybridized carbons (Fsp3) is 0.500. The molecule has 1 aromatic carbocycles. The third-order valence-corrected chi connectivity index (χ3v) is 3.88. The molecule has 1 aliphatic rings. The summed E-state index contributed by atoms with van der Waals surface area (Å²) in [5, 5.41) is 13.7. The van der Waals surface area contributed by atoms with Gasteiger partial charge in [-0.25, -0.2) is 0 Å². The minimum atomic E-state index is -0.649. The van der Waals surface area contributed by atoms with E-state index < -0.39 is 11.6 Å². The molecule has 1 aromatic rings. The molecule has 1 amide bonds. The predicted molar refractivity (Wildman–Crippen MR) is 75.1 cm³/mol. The van der Waals surface area contributed by atoms with E-state index in [0.717, 1.165) is 12.1 Å². The van der Waals surface area contributed by atoms with Gasteiger partial charge in [-0.1, -0.05) is 23.7 Å². The van der Waals surface area contributed by atoms with E-state index in [2.05, 4.69) is 5.32 Å². The van der Waals surface area contributed by atoms with Gasteiger partial charge in [0.25, 0.3) is 0 Å². The van der Waals surface area contributed by atoms with Crippen LogP contribution in [0.5, 0.6) is 0 Å². The van der Waals surface area contributed by atoms with E-state index >= 15 is 0 Å². The molecular weight excluding hydrogens is 264 g/mol. The zero-order valence-corrected chi connectivity index (χ0v) is 11.9. The van der Waals surface area contributed by atoms with E-state index in [1.165, 1.54) is 0 Å². The van der Waals surface area contributed by atoms with Crippen molar-refractivity contribution in [3.8, 4) is 0 Å². The number of carbonyl (C=O) groups excluding carboxylic acids is 1. The number of aliphatic hydroxyl groups is 1.